The van der Waals surface area contributed by atoms with Crippen molar-refractivity contribution >= 4 is 12.4 Å². The minimum Gasteiger partial charge on any atom is -0.307 e. The molecule has 0 aliphatic rings. The Morgan fingerprint density at radius 1 is 1.25 bits per heavy atom. The summed E-state index contributed by atoms with van der Waals surface area (Å²) in [4.78, 5) is 12.2. The van der Waals surface area contributed by atoms with Gasteiger partial charge in [-0.15, -0.1) is 17.3 Å². The number of rotatable bonds is 4. The molecule has 0 aliphatic carbocycles. The molecule has 4 nitrogen and oxygen atoms in total. The predicted molar refractivity (Wildman–Crippen MR) is 53.4 cm³/mol. The second kappa shape index (κ2) is 5.32. The number of nitroso groups, excluding NO2 is 1. The monoisotopic (exact) mass is 195 g/mol. The molecule has 0 saturated heterocycles. The Labute approximate surface area is 80.3 Å². The Morgan fingerprint density at radius 3 is 1.92 bits per heavy atom. The lowest BCUT2D eigenvalue weighted by molar-refractivity contribution is 0.121. The zero-order valence-electron chi connectivity index (χ0n) is 8.37. The summed E-state index contributed by atoms with van der Waals surface area (Å²) in [7, 11) is 5.64. The van der Waals surface area contributed by atoms with Gasteiger partial charge >= 0.3 is 0 Å². The first-order chi connectivity index (χ1) is 4.90. The van der Waals surface area contributed by atoms with Gasteiger partial charge in [-0.1, -0.05) is 0 Å². The van der Waals surface area contributed by atoms with E-state index in [0.717, 1.165) is 6.54 Å². The van der Waals surface area contributed by atoms with Gasteiger partial charge in [0.05, 0.1) is 10.8 Å². The summed E-state index contributed by atoms with van der Waals surface area (Å²) in [6.45, 7) is 4.78. The van der Waals surface area contributed by atoms with Crippen LogP contribution in [0.5, 0.6) is 0 Å². The molecule has 0 rings (SSSR count). The van der Waals surface area contributed by atoms with Crippen LogP contribution in [0.25, 0.3) is 0 Å². The van der Waals surface area contributed by atoms with E-state index >= 15 is 0 Å². The zero-order chi connectivity index (χ0) is 9.07. The summed E-state index contributed by atoms with van der Waals surface area (Å²) in [5.74, 6) is 0. The van der Waals surface area contributed by atoms with Crippen molar-refractivity contribution in [2.45, 2.75) is 19.4 Å². The van der Waals surface area contributed by atoms with E-state index in [2.05, 4.69) is 5.29 Å². The van der Waals surface area contributed by atoms with E-state index in [1.54, 1.807) is 7.05 Å². The zero-order valence-corrected chi connectivity index (χ0v) is 9.18. The van der Waals surface area contributed by atoms with Crippen LogP contribution >= 0.6 is 12.4 Å². The van der Waals surface area contributed by atoms with E-state index in [1.807, 2.05) is 32.8 Å². The van der Waals surface area contributed by atoms with Crippen LogP contribution in [-0.4, -0.2) is 43.1 Å². The number of hydrogen-bond acceptors (Lipinski definition) is 3. The van der Waals surface area contributed by atoms with Crippen LogP contribution in [0.1, 0.15) is 13.8 Å². The summed E-state index contributed by atoms with van der Waals surface area (Å²) >= 11 is 0. The highest BCUT2D eigenvalue weighted by Crippen LogP contribution is 2.12. The molecule has 0 aromatic rings. The maximum Gasteiger partial charge on any atom is 0.0678 e. The molecule has 0 spiro atoms. The average Bonchev–Trinajstić information content (AvgIpc) is 1.83. The summed E-state index contributed by atoms with van der Waals surface area (Å²) in [6, 6.07) is 0. The Morgan fingerprint density at radius 2 is 1.67 bits per heavy atom. The molecule has 5 heteroatoms. The van der Waals surface area contributed by atoms with Gasteiger partial charge in [-0.3, -0.25) is 5.01 Å². The van der Waals surface area contributed by atoms with Gasteiger partial charge in [-0.05, 0) is 27.9 Å². The maximum absolute atomic E-state index is 10.2. The maximum atomic E-state index is 10.2. The Bertz CT molecular complexity index is 139. The number of halogens is 1. The molecule has 0 amide bonds. The van der Waals surface area contributed by atoms with E-state index in [4.69, 9.17) is 0 Å². The second-order valence-electron chi connectivity index (χ2n) is 3.66. The lowest BCUT2D eigenvalue weighted by atomic mass is 10.1. The van der Waals surface area contributed by atoms with Crippen LogP contribution in [0, 0.1) is 4.91 Å². The van der Waals surface area contributed by atoms with Gasteiger partial charge in [0.15, 0.2) is 0 Å². The summed E-state index contributed by atoms with van der Waals surface area (Å²) in [5.41, 5.74) is -0.189. The Hall–Kier alpha value is -0.350. The highest BCUT2D eigenvalue weighted by Gasteiger charge is 2.23. The Kier molecular flexibility index (Phi) is 6.29. The normalized spacial score (nSPS) is 10.8. The molecule has 0 heterocycles. The molecule has 0 aromatic carbocycles. The first-order valence-corrected chi connectivity index (χ1v) is 3.62. The first kappa shape index (κ1) is 14.2. The topological polar surface area (TPSA) is 35.9 Å². The van der Waals surface area contributed by atoms with Crippen LogP contribution in [0.2, 0.25) is 0 Å². The van der Waals surface area contributed by atoms with Gasteiger partial charge in [0.2, 0.25) is 0 Å². The molecular formula is C7H18ClN3O. The lowest BCUT2D eigenvalue weighted by Crippen LogP contribution is -2.45. The quantitative estimate of drug-likeness (QED) is 0.502. The van der Waals surface area contributed by atoms with E-state index in [9.17, 15) is 4.91 Å². The van der Waals surface area contributed by atoms with Gasteiger partial charge in [0.1, 0.15) is 0 Å². The van der Waals surface area contributed by atoms with Crippen LogP contribution in [0.15, 0.2) is 5.29 Å². The van der Waals surface area contributed by atoms with E-state index in [0.29, 0.717) is 0 Å². The van der Waals surface area contributed by atoms with Crippen LogP contribution in [0.3, 0.4) is 0 Å². The fourth-order valence-electron chi connectivity index (χ4n) is 0.987. The van der Waals surface area contributed by atoms with Gasteiger partial charge in [-0.25, -0.2) is 0 Å². The van der Waals surface area contributed by atoms with Crippen LogP contribution in [0.4, 0.5) is 0 Å². The average molecular weight is 196 g/mol. The molecule has 0 N–H and O–H groups in total. The molecular weight excluding hydrogens is 178 g/mol. The molecule has 0 radical (unpaired) electrons. The molecule has 12 heavy (non-hydrogen) atoms. The van der Waals surface area contributed by atoms with E-state index < -0.39 is 0 Å². The minimum absolute atomic E-state index is 0. The van der Waals surface area contributed by atoms with Crippen molar-refractivity contribution < 1.29 is 0 Å². The minimum atomic E-state index is -0.189. The highest BCUT2D eigenvalue weighted by molar-refractivity contribution is 5.85. The van der Waals surface area contributed by atoms with Crippen molar-refractivity contribution in [3.05, 3.63) is 4.91 Å². The number of nitrogens with zero attached hydrogens (tertiary/aromatic N) is 3. The second-order valence-corrected chi connectivity index (χ2v) is 3.66. The van der Waals surface area contributed by atoms with Crippen molar-refractivity contribution in [1.29, 1.82) is 0 Å². The van der Waals surface area contributed by atoms with Gasteiger partial charge in [0.25, 0.3) is 0 Å². The molecule has 74 valence electrons. The molecule has 0 bridgehead atoms. The number of hydrogen-bond donors (Lipinski definition) is 0. The van der Waals surface area contributed by atoms with Gasteiger partial charge in [-0.2, -0.15) is 0 Å². The molecule has 0 aliphatic heterocycles. The first-order valence-electron chi connectivity index (χ1n) is 3.62. The van der Waals surface area contributed by atoms with Crippen molar-refractivity contribution in [2.24, 2.45) is 5.29 Å². The van der Waals surface area contributed by atoms with E-state index in [-0.39, 0.29) is 17.9 Å². The van der Waals surface area contributed by atoms with Crippen LogP contribution in [-0.2, 0) is 0 Å². The largest absolute Gasteiger partial charge is 0.307 e. The lowest BCUT2D eigenvalue weighted by Gasteiger charge is -2.33. The van der Waals surface area contributed by atoms with Gasteiger partial charge < -0.3 is 4.90 Å². The predicted octanol–water partition coefficient (Wildman–Crippen LogP) is 1.36. The molecule has 0 atom stereocenters. The third-order valence-corrected chi connectivity index (χ3v) is 1.70. The molecule has 0 unspecified atom stereocenters. The van der Waals surface area contributed by atoms with Crippen LogP contribution < -0.4 is 0 Å². The van der Waals surface area contributed by atoms with Crippen molar-refractivity contribution in [3.8, 4) is 0 Å². The fourth-order valence-corrected chi connectivity index (χ4v) is 0.987. The standard InChI is InChI=1S/C7H17N3O.ClH/c1-7(2,6-9(3)4)10(5)8-11;/h6H2,1-5H3;1H. The van der Waals surface area contributed by atoms with E-state index in [1.165, 1.54) is 5.01 Å². The van der Waals surface area contributed by atoms with Crippen molar-refractivity contribution in [1.82, 2.24) is 9.91 Å². The fraction of sp³-hybridized carbons (Fsp3) is 1.00. The molecule has 0 fully saturated rings. The Balaban J connectivity index is 0. The summed E-state index contributed by atoms with van der Waals surface area (Å²) in [6.07, 6.45) is 0. The molecule has 0 aromatic heterocycles. The smallest absolute Gasteiger partial charge is 0.0678 e. The van der Waals surface area contributed by atoms with Crippen molar-refractivity contribution in [2.75, 3.05) is 27.7 Å². The SMILES string of the molecule is CN(C)CC(C)(C)N(C)N=O.Cl. The third-order valence-electron chi connectivity index (χ3n) is 1.70. The summed E-state index contributed by atoms with van der Waals surface area (Å²) < 4.78 is 0. The number of likely N-dealkylation sites (N-methyl/N-ethyl adjacent to an activating group) is 2. The van der Waals surface area contributed by atoms with Gasteiger partial charge in [0, 0.05) is 13.6 Å². The highest BCUT2D eigenvalue weighted by atomic mass is 35.5. The van der Waals surface area contributed by atoms with Crippen molar-refractivity contribution in [3.63, 3.8) is 0 Å². The summed E-state index contributed by atoms with van der Waals surface area (Å²) in [5, 5.41) is 4.31. The third kappa shape index (κ3) is 4.51. The molecule has 0 saturated carbocycles.